The highest BCUT2D eigenvalue weighted by Gasteiger charge is 2.54. The maximum Gasteiger partial charge on any atom is 0.321 e. The Morgan fingerprint density at radius 2 is 1.67 bits per heavy atom. The highest BCUT2D eigenvalue weighted by atomic mass is 32.2. The standard InChI is InChI=1S/C19H28N4O3S/c1-10(2)20-17(25)21-15(24)11(3)27-18-23-22-16(26-18)19-7-12-4-13(8-19)6-14(5-12)9-19/h10-14H,4-9H2,1-3H3,(H2,20,21,24,25)/t11-,12?,13?,14?,19?/m1/s1. The SMILES string of the molecule is CC(C)NC(=O)NC(=O)[C@@H](C)Sc1nnc(C23CC4CC(CC(C4)C2)C3)o1. The van der Waals surface area contributed by atoms with Gasteiger partial charge in [0.1, 0.15) is 0 Å². The molecule has 1 heterocycles. The maximum absolute atomic E-state index is 12.2. The summed E-state index contributed by atoms with van der Waals surface area (Å²) in [6.07, 6.45) is 7.59. The minimum absolute atomic E-state index is 0.0282. The zero-order valence-corrected chi connectivity index (χ0v) is 17.0. The fraction of sp³-hybridized carbons (Fsp3) is 0.789. The number of hydrogen-bond acceptors (Lipinski definition) is 6. The number of hydrogen-bond donors (Lipinski definition) is 2. The molecule has 4 aliphatic rings. The van der Waals surface area contributed by atoms with E-state index in [9.17, 15) is 9.59 Å². The van der Waals surface area contributed by atoms with Crippen LogP contribution in [0.15, 0.2) is 9.64 Å². The molecule has 0 aliphatic heterocycles. The molecular weight excluding hydrogens is 364 g/mol. The van der Waals surface area contributed by atoms with Crippen molar-refractivity contribution in [3.8, 4) is 0 Å². The first kappa shape index (κ1) is 18.8. The predicted molar refractivity (Wildman–Crippen MR) is 101 cm³/mol. The Kier molecular flexibility index (Phi) is 4.94. The van der Waals surface area contributed by atoms with E-state index >= 15 is 0 Å². The molecule has 8 heteroatoms. The van der Waals surface area contributed by atoms with Crippen LogP contribution in [0.2, 0.25) is 0 Å². The van der Waals surface area contributed by atoms with Crippen molar-refractivity contribution in [2.45, 2.75) is 81.2 Å². The lowest BCUT2D eigenvalue weighted by Gasteiger charge is -2.55. The summed E-state index contributed by atoms with van der Waals surface area (Å²) in [5, 5.41) is 13.5. The Balaban J connectivity index is 1.38. The van der Waals surface area contributed by atoms with Gasteiger partial charge in [-0.1, -0.05) is 11.8 Å². The Bertz CT molecular complexity index is 697. The zero-order valence-electron chi connectivity index (χ0n) is 16.2. The van der Waals surface area contributed by atoms with E-state index in [-0.39, 0.29) is 17.4 Å². The van der Waals surface area contributed by atoms with Crippen LogP contribution in [0, 0.1) is 17.8 Å². The molecule has 0 unspecified atom stereocenters. The van der Waals surface area contributed by atoms with Gasteiger partial charge in [0.15, 0.2) is 0 Å². The van der Waals surface area contributed by atoms with Gasteiger partial charge in [-0.25, -0.2) is 4.79 Å². The molecule has 4 aliphatic carbocycles. The van der Waals surface area contributed by atoms with E-state index < -0.39 is 11.3 Å². The van der Waals surface area contributed by atoms with E-state index in [0.717, 1.165) is 42.9 Å². The van der Waals surface area contributed by atoms with Crippen molar-refractivity contribution in [1.29, 1.82) is 0 Å². The van der Waals surface area contributed by atoms with Crippen LogP contribution < -0.4 is 10.6 Å². The molecular formula is C19H28N4O3S. The van der Waals surface area contributed by atoms with E-state index in [1.165, 1.54) is 31.0 Å². The van der Waals surface area contributed by atoms with E-state index in [4.69, 9.17) is 4.42 Å². The topological polar surface area (TPSA) is 97.1 Å². The molecule has 1 aromatic heterocycles. The van der Waals surface area contributed by atoms with Crippen LogP contribution in [-0.2, 0) is 10.2 Å². The minimum Gasteiger partial charge on any atom is -0.415 e. The molecule has 0 radical (unpaired) electrons. The third-order valence-corrected chi connectivity index (χ3v) is 7.14. The summed E-state index contributed by atoms with van der Waals surface area (Å²) in [4.78, 5) is 23.9. The number of imide groups is 1. The van der Waals surface area contributed by atoms with E-state index in [0.29, 0.717) is 5.22 Å². The van der Waals surface area contributed by atoms with Gasteiger partial charge in [0.2, 0.25) is 11.8 Å². The fourth-order valence-electron chi connectivity index (χ4n) is 5.56. The molecule has 4 bridgehead atoms. The van der Waals surface area contributed by atoms with Crippen LogP contribution in [0.1, 0.15) is 65.2 Å². The highest BCUT2D eigenvalue weighted by Crippen LogP contribution is 2.60. The van der Waals surface area contributed by atoms with Gasteiger partial charge in [-0.05, 0) is 77.0 Å². The average molecular weight is 393 g/mol. The van der Waals surface area contributed by atoms with Crippen molar-refractivity contribution < 1.29 is 14.0 Å². The van der Waals surface area contributed by atoms with Gasteiger partial charge in [0.25, 0.3) is 5.22 Å². The predicted octanol–water partition coefficient (Wildman–Crippen LogP) is 3.25. The van der Waals surface area contributed by atoms with Crippen molar-refractivity contribution >= 4 is 23.7 Å². The molecule has 0 aromatic carbocycles. The first-order valence-electron chi connectivity index (χ1n) is 9.95. The molecule has 4 fully saturated rings. The molecule has 0 spiro atoms. The monoisotopic (exact) mass is 392 g/mol. The van der Waals surface area contributed by atoms with E-state index in [2.05, 4.69) is 20.8 Å². The molecule has 1 atom stereocenters. The number of carbonyl (C=O) groups excluding carboxylic acids is 2. The number of carbonyl (C=O) groups is 2. The average Bonchev–Trinajstić information content (AvgIpc) is 3.02. The molecule has 4 saturated carbocycles. The Hall–Kier alpha value is -1.57. The number of urea groups is 1. The molecule has 148 valence electrons. The minimum atomic E-state index is -0.493. The third kappa shape index (κ3) is 3.86. The van der Waals surface area contributed by atoms with E-state index in [1.807, 2.05) is 13.8 Å². The lowest BCUT2D eigenvalue weighted by molar-refractivity contribution is -0.119. The van der Waals surface area contributed by atoms with Crippen molar-refractivity contribution in [3.63, 3.8) is 0 Å². The van der Waals surface area contributed by atoms with Crippen LogP contribution in [0.5, 0.6) is 0 Å². The summed E-state index contributed by atoms with van der Waals surface area (Å²) in [5.41, 5.74) is 0.0587. The Morgan fingerprint density at radius 3 is 2.22 bits per heavy atom. The molecule has 0 saturated heterocycles. The highest BCUT2D eigenvalue weighted by molar-refractivity contribution is 8.00. The number of thioether (sulfide) groups is 1. The van der Waals surface area contributed by atoms with Crippen LogP contribution in [0.25, 0.3) is 0 Å². The van der Waals surface area contributed by atoms with Crippen molar-refractivity contribution in [2.24, 2.45) is 17.8 Å². The summed E-state index contributed by atoms with van der Waals surface area (Å²) in [6.45, 7) is 5.41. The smallest absolute Gasteiger partial charge is 0.321 e. The van der Waals surface area contributed by atoms with E-state index in [1.54, 1.807) is 6.92 Å². The van der Waals surface area contributed by atoms with Crippen LogP contribution in [0.3, 0.4) is 0 Å². The number of amides is 3. The molecule has 27 heavy (non-hydrogen) atoms. The number of aromatic nitrogens is 2. The van der Waals surface area contributed by atoms with Crippen molar-refractivity contribution in [1.82, 2.24) is 20.8 Å². The fourth-order valence-corrected chi connectivity index (χ4v) is 6.24. The first-order chi connectivity index (χ1) is 12.8. The Labute approximate surface area is 163 Å². The van der Waals surface area contributed by atoms with Gasteiger partial charge in [-0.3, -0.25) is 10.1 Å². The van der Waals surface area contributed by atoms with Gasteiger partial charge in [0.05, 0.1) is 5.25 Å². The van der Waals surface area contributed by atoms with Gasteiger partial charge < -0.3 is 9.73 Å². The van der Waals surface area contributed by atoms with Gasteiger partial charge in [-0.15, -0.1) is 10.2 Å². The summed E-state index contributed by atoms with van der Waals surface area (Å²) >= 11 is 1.21. The number of nitrogens with one attached hydrogen (secondary N) is 2. The lowest BCUT2D eigenvalue weighted by Crippen LogP contribution is -2.48. The lowest BCUT2D eigenvalue weighted by atomic mass is 9.49. The quantitative estimate of drug-likeness (QED) is 0.747. The third-order valence-electron chi connectivity index (χ3n) is 6.20. The Morgan fingerprint density at radius 1 is 1.07 bits per heavy atom. The van der Waals surface area contributed by atoms with Gasteiger partial charge in [0, 0.05) is 11.5 Å². The van der Waals surface area contributed by atoms with Crippen LogP contribution in [0.4, 0.5) is 4.79 Å². The molecule has 5 rings (SSSR count). The maximum atomic E-state index is 12.2. The molecule has 1 aromatic rings. The zero-order chi connectivity index (χ0) is 19.2. The largest absolute Gasteiger partial charge is 0.415 e. The second-order valence-corrected chi connectivity index (χ2v) is 10.2. The summed E-state index contributed by atoms with van der Waals surface area (Å²) in [5.74, 6) is 2.82. The summed E-state index contributed by atoms with van der Waals surface area (Å²) in [6, 6.07) is -0.512. The molecule has 3 amide bonds. The molecule has 7 nitrogen and oxygen atoms in total. The first-order valence-corrected chi connectivity index (χ1v) is 10.8. The molecule has 2 N–H and O–H groups in total. The van der Waals surface area contributed by atoms with Crippen molar-refractivity contribution in [2.75, 3.05) is 0 Å². The number of rotatable bonds is 5. The van der Waals surface area contributed by atoms with Gasteiger partial charge >= 0.3 is 6.03 Å². The second kappa shape index (κ2) is 7.11. The van der Waals surface area contributed by atoms with Crippen molar-refractivity contribution in [3.05, 3.63) is 5.89 Å². The summed E-state index contributed by atoms with van der Waals surface area (Å²) < 4.78 is 6.02. The second-order valence-electron chi connectivity index (χ2n) is 8.95. The van der Waals surface area contributed by atoms with Gasteiger partial charge in [-0.2, -0.15) is 0 Å². The van der Waals surface area contributed by atoms with Crippen LogP contribution >= 0.6 is 11.8 Å². The normalized spacial score (nSPS) is 32.5. The number of nitrogens with zero attached hydrogens (tertiary/aromatic N) is 2. The van der Waals surface area contributed by atoms with Crippen LogP contribution in [-0.4, -0.2) is 33.4 Å². The summed E-state index contributed by atoms with van der Waals surface area (Å²) in [7, 11) is 0.